The maximum atomic E-state index is 13.0. The Kier molecular flexibility index (Phi) is 7.21. The molecule has 11 heteroatoms. The molecular formula is C23H24FN5O4S. The molecule has 1 aliphatic rings. The van der Waals surface area contributed by atoms with Crippen molar-refractivity contribution in [1.82, 2.24) is 15.1 Å². The van der Waals surface area contributed by atoms with Crippen LogP contribution in [0.25, 0.3) is 0 Å². The van der Waals surface area contributed by atoms with E-state index in [1.807, 2.05) is 0 Å². The van der Waals surface area contributed by atoms with Crippen LogP contribution in [0.5, 0.6) is 11.5 Å². The number of piperidine rings is 1. The number of aromatic nitrogens is 2. The number of likely N-dealkylation sites (tertiary alicyclic amines) is 1. The Labute approximate surface area is 199 Å². The Morgan fingerprint density at radius 1 is 1.03 bits per heavy atom. The van der Waals surface area contributed by atoms with Gasteiger partial charge in [0.25, 0.3) is 5.91 Å². The molecule has 0 aliphatic carbocycles. The molecule has 9 nitrogen and oxygen atoms in total. The van der Waals surface area contributed by atoms with E-state index in [4.69, 9.17) is 9.47 Å². The van der Waals surface area contributed by atoms with Gasteiger partial charge in [-0.15, -0.1) is 10.2 Å². The van der Waals surface area contributed by atoms with Crippen LogP contribution in [0.15, 0.2) is 42.5 Å². The smallest absolute Gasteiger partial charge is 0.321 e. The average Bonchev–Trinajstić information content (AvgIpc) is 3.36. The first kappa shape index (κ1) is 23.4. The lowest BCUT2D eigenvalue weighted by atomic mass is 9.98. The van der Waals surface area contributed by atoms with Crippen LogP contribution in [0.4, 0.5) is 20.6 Å². The highest BCUT2D eigenvalue weighted by Gasteiger charge is 2.27. The number of halogens is 1. The van der Waals surface area contributed by atoms with E-state index < -0.39 is 0 Å². The lowest BCUT2D eigenvalue weighted by Crippen LogP contribution is -2.40. The molecule has 1 fully saturated rings. The molecule has 1 aromatic heterocycles. The molecule has 2 heterocycles. The first-order valence-electron chi connectivity index (χ1n) is 10.6. The fraction of sp³-hybridized carbons (Fsp3) is 0.304. The van der Waals surface area contributed by atoms with Gasteiger partial charge in [-0.1, -0.05) is 11.3 Å². The molecule has 2 N–H and O–H groups in total. The second kappa shape index (κ2) is 10.5. The molecule has 0 unspecified atom stereocenters. The van der Waals surface area contributed by atoms with E-state index in [1.165, 1.54) is 35.6 Å². The second-order valence-corrected chi connectivity index (χ2v) is 8.67. The van der Waals surface area contributed by atoms with Crippen molar-refractivity contribution in [1.29, 1.82) is 0 Å². The summed E-state index contributed by atoms with van der Waals surface area (Å²) >= 11 is 1.23. The molecule has 4 rings (SSSR count). The van der Waals surface area contributed by atoms with Crippen molar-refractivity contribution in [2.45, 2.75) is 18.8 Å². The monoisotopic (exact) mass is 485 g/mol. The van der Waals surface area contributed by atoms with E-state index in [1.54, 1.807) is 37.3 Å². The summed E-state index contributed by atoms with van der Waals surface area (Å²) in [7, 11) is 3.10. The van der Waals surface area contributed by atoms with Gasteiger partial charge in [-0.25, -0.2) is 9.18 Å². The molecule has 34 heavy (non-hydrogen) atoms. The molecule has 1 saturated heterocycles. The highest BCUT2D eigenvalue weighted by atomic mass is 32.1. The van der Waals surface area contributed by atoms with Gasteiger partial charge in [0.05, 0.1) is 19.9 Å². The van der Waals surface area contributed by atoms with Crippen molar-refractivity contribution in [3.63, 3.8) is 0 Å². The molecule has 0 bridgehead atoms. The number of carbonyl (C=O) groups excluding carboxylic acids is 2. The zero-order chi connectivity index (χ0) is 24.1. The zero-order valence-corrected chi connectivity index (χ0v) is 19.5. The van der Waals surface area contributed by atoms with E-state index in [0.717, 1.165) is 5.01 Å². The van der Waals surface area contributed by atoms with E-state index in [-0.39, 0.29) is 28.7 Å². The van der Waals surface area contributed by atoms with E-state index in [9.17, 15) is 14.0 Å². The fourth-order valence-electron chi connectivity index (χ4n) is 3.64. The Morgan fingerprint density at radius 3 is 2.44 bits per heavy atom. The second-order valence-electron chi connectivity index (χ2n) is 7.66. The number of amides is 3. The van der Waals surface area contributed by atoms with Gasteiger partial charge in [-0.2, -0.15) is 0 Å². The maximum absolute atomic E-state index is 13.0. The molecule has 0 atom stereocenters. The van der Waals surface area contributed by atoms with Gasteiger partial charge >= 0.3 is 6.03 Å². The van der Waals surface area contributed by atoms with E-state index in [0.29, 0.717) is 48.8 Å². The van der Waals surface area contributed by atoms with Crippen LogP contribution in [0.2, 0.25) is 0 Å². The lowest BCUT2D eigenvalue weighted by Gasteiger charge is -2.31. The van der Waals surface area contributed by atoms with Gasteiger partial charge in [0, 0.05) is 30.8 Å². The predicted molar refractivity (Wildman–Crippen MR) is 126 cm³/mol. The van der Waals surface area contributed by atoms with Crippen molar-refractivity contribution < 1.29 is 23.5 Å². The van der Waals surface area contributed by atoms with E-state index >= 15 is 0 Å². The Hall–Kier alpha value is -3.73. The molecule has 0 radical (unpaired) electrons. The number of hydrogen-bond acceptors (Lipinski definition) is 7. The molecule has 1 aliphatic heterocycles. The van der Waals surface area contributed by atoms with Gasteiger partial charge in [0.2, 0.25) is 5.01 Å². The summed E-state index contributed by atoms with van der Waals surface area (Å²) in [6.07, 6.45) is 1.41. The number of carbonyl (C=O) groups is 2. The minimum absolute atomic E-state index is 0.111. The molecule has 3 amide bonds. The van der Waals surface area contributed by atoms with Crippen molar-refractivity contribution in [3.05, 3.63) is 58.3 Å². The number of benzene rings is 2. The van der Waals surface area contributed by atoms with Gasteiger partial charge in [0.15, 0.2) is 0 Å². The zero-order valence-electron chi connectivity index (χ0n) is 18.7. The number of urea groups is 1. The molecule has 0 spiro atoms. The third-order valence-corrected chi connectivity index (χ3v) is 6.60. The highest BCUT2D eigenvalue weighted by molar-refractivity contribution is 7.13. The Morgan fingerprint density at radius 2 is 1.76 bits per heavy atom. The number of rotatable bonds is 6. The third kappa shape index (κ3) is 5.42. The Bertz CT molecular complexity index is 1160. The standard InChI is InChI=1S/C23H24FN5O4S/c1-32-17-7-8-19(33-2)18(13-17)26-23(31)29-11-9-14(10-12-29)21-27-28-22(34-21)20(30)25-16-5-3-15(24)4-6-16/h3-8,13-14H,9-12H2,1-2H3,(H,25,30)(H,26,31). The van der Waals surface area contributed by atoms with Crippen LogP contribution in [-0.4, -0.2) is 54.3 Å². The molecule has 178 valence electrons. The van der Waals surface area contributed by atoms with Crippen LogP contribution in [0.3, 0.4) is 0 Å². The number of hydrogen-bond donors (Lipinski definition) is 2. The fourth-order valence-corrected chi connectivity index (χ4v) is 4.55. The lowest BCUT2D eigenvalue weighted by molar-refractivity contribution is 0.102. The van der Waals surface area contributed by atoms with Crippen LogP contribution in [0.1, 0.15) is 33.6 Å². The van der Waals surface area contributed by atoms with Gasteiger partial charge in [0.1, 0.15) is 22.3 Å². The van der Waals surface area contributed by atoms with Crippen LogP contribution in [-0.2, 0) is 0 Å². The minimum atomic E-state index is -0.389. The third-order valence-electron chi connectivity index (χ3n) is 5.52. The van der Waals surface area contributed by atoms with Gasteiger partial charge < -0.3 is 25.0 Å². The minimum Gasteiger partial charge on any atom is -0.497 e. The predicted octanol–water partition coefficient (Wildman–Crippen LogP) is 4.36. The normalized spacial score (nSPS) is 13.9. The van der Waals surface area contributed by atoms with Crippen molar-refractivity contribution in [2.75, 3.05) is 37.9 Å². The average molecular weight is 486 g/mol. The van der Waals surface area contributed by atoms with Crippen LogP contribution < -0.4 is 20.1 Å². The summed E-state index contributed by atoms with van der Waals surface area (Å²) in [4.78, 5) is 26.9. The molecule has 0 saturated carbocycles. The van der Waals surface area contributed by atoms with Crippen LogP contribution >= 0.6 is 11.3 Å². The number of methoxy groups -OCH3 is 2. The summed E-state index contributed by atoms with van der Waals surface area (Å²) in [5.74, 6) is 0.508. The molecular weight excluding hydrogens is 461 g/mol. The summed E-state index contributed by atoms with van der Waals surface area (Å²) < 4.78 is 23.6. The molecule has 2 aromatic carbocycles. The summed E-state index contributed by atoms with van der Waals surface area (Å²) in [5, 5.41) is 14.8. The van der Waals surface area contributed by atoms with Crippen LogP contribution in [0, 0.1) is 5.82 Å². The summed E-state index contributed by atoms with van der Waals surface area (Å²) in [5.41, 5.74) is 1.02. The summed E-state index contributed by atoms with van der Waals surface area (Å²) in [6, 6.07) is 10.5. The highest BCUT2D eigenvalue weighted by Crippen LogP contribution is 2.32. The number of anilines is 2. The number of nitrogens with one attached hydrogen (secondary N) is 2. The number of ether oxygens (including phenoxy) is 2. The first-order chi connectivity index (χ1) is 16.5. The topological polar surface area (TPSA) is 106 Å². The quantitative estimate of drug-likeness (QED) is 0.538. The van der Waals surface area contributed by atoms with Crippen molar-refractivity contribution >= 4 is 34.6 Å². The Balaban J connectivity index is 1.32. The number of nitrogens with zero attached hydrogens (tertiary/aromatic N) is 3. The maximum Gasteiger partial charge on any atom is 0.321 e. The first-order valence-corrected chi connectivity index (χ1v) is 11.5. The summed E-state index contributed by atoms with van der Waals surface area (Å²) in [6.45, 7) is 1.08. The SMILES string of the molecule is COc1ccc(OC)c(NC(=O)N2CCC(c3nnc(C(=O)Nc4ccc(F)cc4)s3)CC2)c1. The van der Waals surface area contributed by atoms with Crippen molar-refractivity contribution in [3.8, 4) is 11.5 Å². The largest absolute Gasteiger partial charge is 0.497 e. The van der Waals surface area contributed by atoms with Crippen molar-refractivity contribution in [2.24, 2.45) is 0 Å². The van der Waals surface area contributed by atoms with Gasteiger partial charge in [-0.05, 0) is 49.2 Å². The van der Waals surface area contributed by atoms with E-state index in [2.05, 4.69) is 20.8 Å². The van der Waals surface area contributed by atoms with Gasteiger partial charge in [-0.3, -0.25) is 4.79 Å². The molecule has 3 aromatic rings.